The van der Waals surface area contributed by atoms with Crippen LogP contribution in [0, 0.1) is 0 Å². The van der Waals surface area contributed by atoms with Gasteiger partial charge in [-0.2, -0.15) is 0 Å². The van der Waals surface area contributed by atoms with Crippen LogP contribution in [0.25, 0.3) is 0 Å². The van der Waals surface area contributed by atoms with Gasteiger partial charge in [-0.15, -0.1) is 11.6 Å². The first-order valence-electron chi connectivity index (χ1n) is 4.03. The van der Waals surface area contributed by atoms with Crippen LogP contribution in [0.15, 0.2) is 30.3 Å². The zero-order valence-electron chi connectivity index (χ0n) is 6.76. The molecule has 60 valence electrons. The maximum Gasteiger partial charge on any atom is 0.0582 e. The third-order valence-electron chi connectivity index (χ3n) is 1.70. The zero-order valence-corrected chi connectivity index (χ0v) is 9.51. The van der Waals surface area contributed by atoms with Crippen LogP contribution in [-0.4, -0.2) is 10.2 Å². The Morgan fingerprint density at radius 2 is 1.91 bits per heavy atom. The Labute approximate surface area is 76.0 Å². The van der Waals surface area contributed by atoms with Gasteiger partial charge < -0.3 is 0 Å². The number of halogens is 1. The average molecular weight is 185 g/mol. The summed E-state index contributed by atoms with van der Waals surface area (Å²) < 4.78 is 0. The lowest BCUT2D eigenvalue weighted by atomic mass is 10.1. The summed E-state index contributed by atoms with van der Waals surface area (Å²) in [6, 6.07) is 11.6. The van der Waals surface area contributed by atoms with E-state index in [1.165, 1.54) is 21.9 Å². The van der Waals surface area contributed by atoms with Crippen LogP contribution in [0.2, 0.25) is 6.04 Å². The molecule has 0 spiro atoms. The third kappa shape index (κ3) is 2.68. The number of rotatable bonds is 3. The molecule has 0 heterocycles. The van der Waals surface area contributed by atoms with Crippen molar-refractivity contribution in [3.05, 3.63) is 35.9 Å². The zero-order chi connectivity index (χ0) is 8.10. The molecule has 0 aliphatic heterocycles. The molecule has 2 heteroatoms. The topological polar surface area (TPSA) is 0 Å². The van der Waals surface area contributed by atoms with E-state index in [0.29, 0.717) is 0 Å². The van der Waals surface area contributed by atoms with Crippen LogP contribution < -0.4 is 0 Å². The number of alkyl halides is 1. The summed E-state index contributed by atoms with van der Waals surface area (Å²) in [6.07, 6.45) is 1.12. The van der Waals surface area contributed by atoms with Gasteiger partial charge in [-0.1, -0.05) is 36.4 Å². The summed E-state index contributed by atoms with van der Waals surface area (Å²) in [4.78, 5) is 0. The monoisotopic (exact) mass is 184 g/mol. The van der Waals surface area contributed by atoms with Crippen molar-refractivity contribution >= 4 is 21.8 Å². The quantitative estimate of drug-likeness (QED) is 0.499. The van der Waals surface area contributed by atoms with Crippen LogP contribution in [0.1, 0.15) is 17.4 Å². The molecule has 0 saturated carbocycles. The molecule has 1 aromatic carbocycles. The van der Waals surface area contributed by atoms with Gasteiger partial charge in [0, 0.05) is 10.2 Å². The molecule has 0 aliphatic rings. The normalized spacial score (nSPS) is 13.2. The van der Waals surface area contributed by atoms with E-state index < -0.39 is 0 Å². The van der Waals surface area contributed by atoms with Crippen LogP contribution in [0.4, 0.5) is 0 Å². The molecule has 1 rings (SSSR count). The highest BCUT2D eigenvalue weighted by atomic mass is 35.5. The second kappa shape index (κ2) is 4.57. The van der Waals surface area contributed by atoms with Crippen LogP contribution in [-0.2, 0) is 0 Å². The van der Waals surface area contributed by atoms with E-state index in [-0.39, 0.29) is 5.38 Å². The Morgan fingerprint density at radius 1 is 1.27 bits per heavy atom. The molecule has 11 heavy (non-hydrogen) atoms. The summed E-state index contributed by atoms with van der Waals surface area (Å²) in [5.41, 5.74) is 1.25. The summed E-state index contributed by atoms with van der Waals surface area (Å²) in [5, 5.41) is 0.230. The van der Waals surface area contributed by atoms with E-state index in [2.05, 4.69) is 12.1 Å². The van der Waals surface area contributed by atoms with Gasteiger partial charge in [0.05, 0.1) is 5.38 Å². The summed E-state index contributed by atoms with van der Waals surface area (Å²) >= 11 is 6.13. The van der Waals surface area contributed by atoms with E-state index in [4.69, 9.17) is 11.6 Å². The molecule has 0 bridgehead atoms. The first kappa shape index (κ1) is 8.82. The lowest BCUT2D eigenvalue weighted by Crippen LogP contribution is -1.88. The van der Waals surface area contributed by atoms with Crippen LogP contribution in [0.5, 0.6) is 0 Å². The van der Waals surface area contributed by atoms with Gasteiger partial charge in [0.1, 0.15) is 0 Å². The highest BCUT2D eigenvalue weighted by Gasteiger charge is 2.03. The minimum absolute atomic E-state index is 0.230. The molecule has 1 unspecified atom stereocenters. The summed E-state index contributed by atoms with van der Waals surface area (Å²) in [7, 11) is 1.25. The SMILES string of the molecule is [SiH3]CCC(Cl)c1ccccc1. The first-order chi connectivity index (χ1) is 5.34. The molecule has 0 fully saturated rings. The van der Waals surface area contributed by atoms with Crippen molar-refractivity contribution in [1.82, 2.24) is 0 Å². The molecule has 1 aromatic rings. The molecule has 0 aromatic heterocycles. The molecular formula is C9H13ClSi. The van der Waals surface area contributed by atoms with Crippen molar-refractivity contribution in [2.24, 2.45) is 0 Å². The van der Waals surface area contributed by atoms with Gasteiger partial charge in [0.15, 0.2) is 0 Å². The molecule has 0 saturated heterocycles. The Bertz CT molecular complexity index is 198. The standard InChI is InChI=1S/C9H13ClSi/c10-9(6-7-11)8-4-2-1-3-5-8/h1-5,9H,6-7H2,11H3. The van der Waals surface area contributed by atoms with E-state index in [0.717, 1.165) is 6.42 Å². The van der Waals surface area contributed by atoms with Crippen molar-refractivity contribution in [1.29, 1.82) is 0 Å². The molecule has 0 radical (unpaired) electrons. The van der Waals surface area contributed by atoms with Gasteiger partial charge in [0.2, 0.25) is 0 Å². The highest BCUT2D eigenvalue weighted by molar-refractivity contribution is 6.21. The third-order valence-corrected chi connectivity index (χ3v) is 2.75. The van der Waals surface area contributed by atoms with Gasteiger partial charge >= 0.3 is 0 Å². The molecule has 1 atom stereocenters. The molecular weight excluding hydrogens is 172 g/mol. The summed E-state index contributed by atoms with van der Waals surface area (Å²) in [5.74, 6) is 0. The van der Waals surface area contributed by atoms with Crippen LogP contribution >= 0.6 is 11.6 Å². The molecule has 0 amide bonds. The minimum Gasteiger partial charge on any atom is -0.118 e. The van der Waals surface area contributed by atoms with Gasteiger partial charge in [-0.05, 0) is 12.0 Å². The van der Waals surface area contributed by atoms with Crippen molar-refractivity contribution < 1.29 is 0 Å². The van der Waals surface area contributed by atoms with Gasteiger partial charge in [-0.3, -0.25) is 0 Å². The van der Waals surface area contributed by atoms with Gasteiger partial charge in [0.25, 0.3) is 0 Å². The Balaban J connectivity index is 2.61. The van der Waals surface area contributed by atoms with Crippen molar-refractivity contribution in [3.8, 4) is 0 Å². The van der Waals surface area contributed by atoms with Gasteiger partial charge in [-0.25, -0.2) is 0 Å². The molecule has 0 aliphatic carbocycles. The largest absolute Gasteiger partial charge is 0.118 e. The Morgan fingerprint density at radius 3 is 2.45 bits per heavy atom. The lowest BCUT2D eigenvalue weighted by molar-refractivity contribution is 0.882. The second-order valence-electron chi connectivity index (χ2n) is 2.67. The fourth-order valence-electron chi connectivity index (χ4n) is 1.08. The average Bonchev–Trinajstić information content (AvgIpc) is 2.07. The van der Waals surface area contributed by atoms with Crippen molar-refractivity contribution in [3.63, 3.8) is 0 Å². The van der Waals surface area contributed by atoms with Crippen molar-refractivity contribution in [2.75, 3.05) is 0 Å². The maximum absolute atomic E-state index is 6.13. The van der Waals surface area contributed by atoms with E-state index in [1.54, 1.807) is 0 Å². The minimum atomic E-state index is 0.230. The predicted molar refractivity (Wildman–Crippen MR) is 54.4 cm³/mol. The Kier molecular flexibility index (Phi) is 3.67. The highest BCUT2D eigenvalue weighted by Crippen LogP contribution is 2.24. The number of benzene rings is 1. The van der Waals surface area contributed by atoms with Crippen LogP contribution in [0.3, 0.4) is 0 Å². The lowest BCUT2D eigenvalue weighted by Gasteiger charge is -2.06. The number of hydrogen-bond donors (Lipinski definition) is 0. The molecule has 0 N–H and O–H groups in total. The van der Waals surface area contributed by atoms with E-state index in [9.17, 15) is 0 Å². The maximum atomic E-state index is 6.13. The number of hydrogen-bond acceptors (Lipinski definition) is 0. The summed E-state index contributed by atoms with van der Waals surface area (Å²) in [6.45, 7) is 0. The van der Waals surface area contributed by atoms with E-state index in [1.807, 2.05) is 18.2 Å². The molecule has 0 nitrogen and oxygen atoms in total. The smallest absolute Gasteiger partial charge is 0.0582 e. The predicted octanol–water partition coefficient (Wildman–Crippen LogP) is 2.14. The first-order valence-corrected chi connectivity index (χ1v) is 5.88. The fourth-order valence-corrected chi connectivity index (χ4v) is 2.39. The van der Waals surface area contributed by atoms with Crippen molar-refractivity contribution in [2.45, 2.75) is 17.8 Å². The fraction of sp³-hybridized carbons (Fsp3) is 0.333. The Hall–Kier alpha value is -0.273. The second-order valence-corrected chi connectivity index (χ2v) is 4.19. The van der Waals surface area contributed by atoms with E-state index >= 15 is 0 Å².